The molecule has 8 nitrogen and oxygen atoms in total. The predicted octanol–water partition coefficient (Wildman–Crippen LogP) is 0.862. The molecule has 0 aromatic carbocycles. The summed E-state index contributed by atoms with van der Waals surface area (Å²) in [5, 5.41) is 2.51. The van der Waals surface area contributed by atoms with Gasteiger partial charge in [-0.3, -0.25) is 20.4 Å². The molecule has 1 heterocycles. The van der Waals surface area contributed by atoms with Crippen LogP contribution in [0.5, 0.6) is 0 Å². The first kappa shape index (κ1) is 19.2. The van der Waals surface area contributed by atoms with E-state index >= 15 is 0 Å². The first-order valence-electron chi connectivity index (χ1n) is 7.81. The van der Waals surface area contributed by atoms with Gasteiger partial charge in [-0.25, -0.2) is 4.79 Å². The molecule has 1 aliphatic rings. The monoisotopic (exact) mass is 329 g/mol. The maximum absolute atomic E-state index is 12.2. The molecule has 0 aromatic rings. The number of hydrogen-bond acceptors (Lipinski definition) is 5. The molecule has 8 heteroatoms. The number of carbonyl (C=O) groups excluding carboxylic acids is 3. The van der Waals surface area contributed by atoms with Crippen molar-refractivity contribution in [3.8, 4) is 0 Å². The average Bonchev–Trinajstić information content (AvgIpc) is 2.93. The van der Waals surface area contributed by atoms with Crippen LogP contribution in [0.15, 0.2) is 0 Å². The van der Waals surface area contributed by atoms with E-state index in [1.54, 1.807) is 34.6 Å². The Morgan fingerprint density at radius 2 is 1.83 bits per heavy atom. The Balaban J connectivity index is 2.50. The Kier molecular flexibility index (Phi) is 6.80. The van der Waals surface area contributed by atoms with Crippen molar-refractivity contribution in [2.24, 2.45) is 5.92 Å². The molecule has 132 valence electrons. The Morgan fingerprint density at radius 3 is 2.30 bits per heavy atom. The summed E-state index contributed by atoms with van der Waals surface area (Å²) >= 11 is 0. The van der Waals surface area contributed by atoms with E-state index in [2.05, 4.69) is 16.2 Å². The summed E-state index contributed by atoms with van der Waals surface area (Å²) in [7, 11) is 0. The molecule has 1 saturated heterocycles. The third kappa shape index (κ3) is 6.85. The largest absolute Gasteiger partial charge is 0.444 e. The average molecular weight is 329 g/mol. The zero-order valence-electron chi connectivity index (χ0n) is 14.4. The van der Waals surface area contributed by atoms with Crippen LogP contribution in [-0.2, 0) is 19.1 Å². The third-order valence-corrected chi connectivity index (χ3v) is 3.15. The van der Waals surface area contributed by atoms with Gasteiger partial charge in [-0.2, -0.15) is 0 Å². The van der Waals surface area contributed by atoms with Gasteiger partial charge in [0.1, 0.15) is 17.7 Å². The van der Waals surface area contributed by atoms with Gasteiger partial charge >= 0.3 is 6.09 Å². The molecule has 0 spiro atoms. The summed E-state index contributed by atoms with van der Waals surface area (Å²) in [4.78, 5) is 35.8. The molecule has 1 rings (SSSR count). The Bertz CT molecular complexity index is 439. The zero-order chi connectivity index (χ0) is 17.6. The van der Waals surface area contributed by atoms with Crippen LogP contribution in [-0.4, -0.2) is 42.3 Å². The molecule has 1 aliphatic heterocycles. The van der Waals surface area contributed by atoms with Gasteiger partial charge in [-0.1, -0.05) is 13.8 Å². The first-order valence-corrected chi connectivity index (χ1v) is 7.81. The minimum atomic E-state index is -0.824. The molecule has 23 heavy (non-hydrogen) atoms. The van der Waals surface area contributed by atoms with Crippen molar-refractivity contribution in [2.75, 3.05) is 6.61 Å². The topological polar surface area (TPSA) is 106 Å². The highest BCUT2D eigenvalue weighted by molar-refractivity contribution is 5.89. The number of nitrogens with one attached hydrogen (secondary N) is 3. The number of carbonyl (C=O) groups is 3. The Morgan fingerprint density at radius 1 is 1.17 bits per heavy atom. The summed E-state index contributed by atoms with van der Waals surface area (Å²) in [5.74, 6) is -1.09. The lowest BCUT2D eigenvalue weighted by atomic mass is 10.0. The molecule has 0 saturated carbocycles. The van der Waals surface area contributed by atoms with Gasteiger partial charge in [0.05, 0.1) is 0 Å². The highest BCUT2D eigenvalue weighted by Crippen LogP contribution is 2.11. The smallest absolute Gasteiger partial charge is 0.408 e. The summed E-state index contributed by atoms with van der Waals surface area (Å²) < 4.78 is 10.4. The number of amides is 3. The number of rotatable bonds is 4. The molecule has 3 N–H and O–H groups in total. The maximum Gasteiger partial charge on any atom is 0.408 e. The normalized spacial score (nSPS) is 19.1. The van der Waals surface area contributed by atoms with Gasteiger partial charge in [0, 0.05) is 6.61 Å². The quantitative estimate of drug-likeness (QED) is 0.663. The second-order valence-corrected chi connectivity index (χ2v) is 6.85. The molecule has 0 bridgehead atoms. The fraction of sp³-hybridized carbons (Fsp3) is 0.800. The molecule has 2 atom stereocenters. The molecule has 0 aliphatic carbocycles. The Labute approximate surface area is 136 Å². The Hall–Kier alpha value is -1.83. The van der Waals surface area contributed by atoms with Crippen LogP contribution < -0.4 is 16.2 Å². The number of ether oxygens (including phenoxy) is 2. The summed E-state index contributed by atoms with van der Waals surface area (Å²) in [6, 6.07) is -0.824. The van der Waals surface area contributed by atoms with E-state index in [-0.39, 0.29) is 5.92 Å². The fourth-order valence-corrected chi connectivity index (χ4v) is 2.04. The molecule has 0 aromatic heterocycles. The molecular weight excluding hydrogens is 302 g/mol. The summed E-state index contributed by atoms with van der Waals surface area (Å²) in [5.41, 5.74) is 3.99. The lowest BCUT2D eigenvalue weighted by Gasteiger charge is -2.25. The van der Waals surface area contributed by atoms with Crippen LogP contribution in [0, 0.1) is 5.92 Å². The highest BCUT2D eigenvalue weighted by Gasteiger charge is 2.28. The van der Waals surface area contributed by atoms with Crippen molar-refractivity contribution in [1.82, 2.24) is 16.2 Å². The minimum Gasteiger partial charge on any atom is -0.444 e. The summed E-state index contributed by atoms with van der Waals surface area (Å²) in [6.07, 6.45) is 0.232. The number of alkyl carbamates (subject to hydrolysis) is 1. The molecular formula is C15H27N3O5. The van der Waals surface area contributed by atoms with Crippen molar-refractivity contribution in [3.05, 3.63) is 0 Å². The zero-order valence-corrected chi connectivity index (χ0v) is 14.4. The van der Waals surface area contributed by atoms with Crippen molar-refractivity contribution in [1.29, 1.82) is 0 Å². The van der Waals surface area contributed by atoms with Gasteiger partial charge in [0.15, 0.2) is 0 Å². The highest BCUT2D eigenvalue weighted by atomic mass is 16.6. The van der Waals surface area contributed by atoms with Crippen molar-refractivity contribution >= 4 is 17.9 Å². The minimum absolute atomic E-state index is 0.179. The summed E-state index contributed by atoms with van der Waals surface area (Å²) in [6.45, 7) is 9.31. The van der Waals surface area contributed by atoms with Crippen LogP contribution in [0.2, 0.25) is 0 Å². The van der Waals surface area contributed by atoms with Crippen LogP contribution in [0.1, 0.15) is 47.5 Å². The van der Waals surface area contributed by atoms with Gasteiger partial charge in [-0.15, -0.1) is 0 Å². The second kappa shape index (κ2) is 8.14. The standard InChI is InChI=1S/C15H27N3O5/c1-9(2)11(16-14(21)23-15(3,4)5)13(20)18-17-12(19)10-7-6-8-22-10/h9-11H,6-8H2,1-5H3,(H,16,21)(H,17,19)(H,18,20). The number of hydrogen-bond donors (Lipinski definition) is 3. The van der Waals surface area contributed by atoms with E-state index in [9.17, 15) is 14.4 Å². The first-order chi connectivity index (χ1) is 10.6. The number of hydrazine groups is 1. The van der Waals surface area contributed by atoms with Crippen LogP contribution >= 0.6 is 0 Å². The van der Waals surface area contributed by atoms with Crippen LogP contribution in [0.3, 0.4) is 0 Å². The maximum atomic E-state index is 12.2. The van der Waals surface area contributed by atoms with Gasteiger partial charge < -0.3 is 14.8 Å². The lowest BCUT2D eigenvalue weighted by Crippen LogP contribution is -2.56. The van der Waals surface area contributed by atoms with Crippen LogP contribution in [0.25, 0.3) is 0 Å². The van der Waals surface area contributed by atoms with Crippen molar-refractivity contribution in [2.45, 2.75) is 65.2 Å². The fourth-order valence-electron chi connectivity index (χ4n) is 2.04. The molecule has 3 amide bonds. The van der Waals surface area contributed by atoms with Crippen LogP contribution in [0.4, 0.5) is 4.79 Å². The SMILES string of the molecule is CC(C)C(NC(=O)OC(C)(C)C)C(=O)NNC(=O)C1CCCO1. The molecule has 1 fully saturated rings. The van der Waals surface area contributed by atoms with Crippen molar-refractivity contribution < 1.29 is 23.9 Å². The molecule has 0 radical (unpaired) electrons. The third-order valence-electron chi connectivity index (χ3n) is 3.15. The van der Waals surface area contributed by atoms with E-state index in [0.29, 0.717) is 13.0 Å². The van der Waals surface area contributed by atoms with E-state index in [1.807, 2.05) is 0 Å². The van der Waals surface area contributed by atoms with Crippen molar-refractivity contribution in [3.63, 3.8) is 0 Å². The van der Waals surface area contributed by atoms with E-state index in [0.717, 1.165) is 6.42 Å². The molecule has 2 unspecified atom stereocenters. The second-order valence-electron chi connectivity index (χ2n) is 6.85. The van der Waals surface area contributed by atoms with E-state index in [1.165, 1.54) is 0 Å². The predicted molar refractivity (Wildman–Crippen MR) is 83.3 cm³/mol. The van der Waals surface area contributed by atoms with Gasteiger partial charge in [-0.05, 0) is 39.5 Å². The van der Waals surface area contributed by atoms with Gasteiger partial charge in [0.25, 0.3) is 11.8 Å². The van der Waals surface area contributed by atoms with E-state index < -0.39 is 35.7 Å². The van der Waals surface area contributed by atoms with Gasteiger partial charge in [0.2, 0.25) is 0 Å². The van der Waals surface area contributed by atoms with E-state index in [4.69, 9.17) is 9.47 Å². The lowest BCUT2D eigenvalue weighted by molar-refractivity contribution is -0.135.